The van der Waals surface area contributed by atoms with E-state index in [1.165, 1.54) is 23.8 Å². The van der Waals surface area contributed by atoms with Crippen LogP contribution in [0.1, 0.15) is 12.0 Å². The predicted molar refractivity (Wildman–Crippen MR) is 114 cm³/mol. The van der Waals surface area contributed by atoms with Gasteiger partial charge in [-0.25, -0.2) is 0 Å². The van der Waals surface area contributed by atoms with Crippen LogP contribution in [0.15, 0.2) is 47.3 Å². The Hall–Kier alpha value is -3.27. The second-order valence-corrected chi connectivity index (χ2v) is 7.03. The zero-order valence-corrected chi connectivity index (χ0v) is 17.5. The Kier molecular flexibility index (Phi) is 7.35. The van der Waals surface area contributed by atoms with Crippen molar-refractivity contribution in [1.29, 1.82) is 0 Å². The van der Waals surface area contributed by atoms with Gasteiger partial charge in [0.05, 0.1) is 18.0 Å². The number of ether oxygens (including phenoxy) is 2. The van der Waals surface area contributed by atoms with Crippen LogP contribution in [0, 0.1) is 4.77 Å². The van der Waals surface area contributed by atoms with Crippen LogP contribution < -0.4 is 20.3 Å². The van der Waals surface area contributed by atoms with Crippen LogP contribution in [0.2, 0.25) is 0 Å². The number of methoxy groups -OCH3 is 1. The number of alkyl halides is 2. The lowest BCUT2D eigenvalue weighted by Gasteiger charge is -2.12. The van der Waals surface area contributed by atoms with Gasteiger partial charge in [0.1, 0.15) is 0 Å². The number of hydrogen-bond donors (Lipinski definition) is 2. The average Bonchev–Trinajstić information content (AvgIpc) is 2.73. The van der Waals surface area contributed by atoms with E-state index >= 15 is 0 Å². The van der Waals surface area contributed by atoms with Crippen LogP contribution >= 0.6 is 12.2 Å². The first-order valence-corrected chi connectivity index (χ1v) is 9.90. The lowest BCUT2D eigenvalue weighted by atomic mass is 10.1. The summed E-state index contributed by atoms with van der Waals surface area (Å²) < 4.78 is 36.1. The van der Waals surface area contributed by atoms with Gasteiger partial charge in [-0.15, -0.1) is 0 Å². The number of aromatic amines is 1. The van der Waals surface area contributed by atoms with Crippen molar-refractivity contribution in [2.45, 2.75) is 26.0 Å². The number of nitrogens with zero attached hydrogens (tertiary/aromatic N) is 1. The first-order chi connectivity index (χ1) is 14.9. The molecule has 2 aromatic carbocycles. The van der Waals surface area contributed by atoms with Crippen LogP contribution in [0.25, 0.3) is 10.9 Å². The minimum Gasteiger partial charge on any atom is -0.493 e. The molecule has 2 N–H and O–H groups in total. The second-order valence-electron chi connectivity index (χ2n) is 6.65. The maximum Gasteiger partial charge on any atom is 0.387 e. The van der Waals surface area contributed by atoms with Crippen molar-refractivity contribution in [3.63, 3.8) is 0 Å². The third kappa shape index (κ3) is 5.66. The highest BCUT2D eigenvalue weighted by atomic mass is 32.1. The third-order valence-corrected chi connectivity index (χ3v) is 4.95. The summed E-state index contributed by atoms with van der Waals surface area (Å²) in [6.07, 6.45) is 0.476. The van der Waals surface area contributed by atoms with Crippen LogP contribution in [-0.2, 0) is 17.8 Å². The van der Waals surface area contributed by atoms with E-state index in [1.807, 2.05) is 0 Å². The predicted octanol–water partition coefficient (Wildman–Crippen LogP) is 3.42. The summed E-state index contributed by atoms with van der Waals surface area (Å²) in [4.78, 5) is 27.8. The summed E-state index contributed by atoms with van der Waals surface area (Å²) in [6.45, 7) is -2.53. The molecule has 10 heteroatoms. The van der Waals surface area contributed by atoms with E-state index in [-0.39, 0.29) is 40.7 Å². The molecule has 1 aromatic heterocycles. The van der Waals surface area contributed by atoms with E-state index in [4.69, 9.17) is 17.0 Å². The Morgan fingerprint density at radius 2 is 2.00 bits per heavy atom. The fourth-order valence-electron chi connectivity index (χ4n) is 3.11. The Labute approximate surface area is 181 Å². The Morgan fingerprint density at radius 3 is 2.74 bits per heavy atom. The molecule has 0 unspecified atom stereocenters. The fraction of sp³-hybridized carbons (Fsp3) is 0.286. The fourth-order valence-corrected chi connectivity index (χ4v) is 3.40. The van der Waals surface area contributed by atoms with Gasteiger partial charge in [-0.05, 0) is 48.5 Å². The molecule has 31 heavy (non-hydrogen) atoms. The number of rotatable bonds is 9. The highest BCUT2D eigenvalue weighted by molar-refractivity contribution is 7.71. The molecular weight excluding hydrogens is 428 g/mol. The summed E-state index contributed by atoms with van der Waals surface area (Å²) in [5.41, 5.74) is 1.09. The largest absolute Gasteiger partial charge is 0.493 e. The molecule has 0 saturated carbocycles. The molecule has 0 aliphatic rings. The van der Waals surface area contributed by atoms with Crippen molar-refractivity contribution in [3.8, 4) is 11.5 Å². The van der Waals surface area contributed by atoms with E-state index in [1.54, 1.807) is 30.3 Å². The number of amides is 1. The van der Waals surface area contributed by atoms with Gasteiger partial charge in [-0.2, -0.15) is 8.78 Å². The van der Waals surface area contributed by atoms with Crippen LogP contribution in [0.4, 0.5) is 8.78 Å². The number of hydrogen-bond acceptors (Lipinski definition) is 5. The van der Waals surface area contributed by atoms with Crippen LogP contribution in [-0.4, -0.2) is 35.7 Å². The van der Waals surface area contributed by atoms with E-state index in [0.717, 1.165) is 0 Å². The number of H-pyrrole nitrogens is 1. The minimum absolute atomic E-state index is 0.0637. The molecule has 0 aliphatic carbocycles. The number of aromatic nitrogens is 2. The molecule has 164 valence electrons. The van der Waals surface area contributed by atoms with E-state index in [0.29, 0.717) is 29.4 Å². The van der Waals surface area contributed by atoms with Crippen molar-refractivity contribution < 1.29 is 23.0 Å². The number of nitrogens with one attached hydrogen (secondary N) is 2. The number of halogens is 2. The quantitative estimate of drug-likeness (QED) is 0.489. The smallest absolute Gasteiger partial charge is 0.387 e. The van der Waals surface area contributed by atoms with Gasteiger partial charge in [-0.3, -0.25) is 14.2 Å². The molecule has 0 spiro atoms. The molecule has 7 nitrogen and oxygen atoms in total. The lowest BCUT2D eigenvalue weighted by Crippen LogP contribution is -2.29. The maximum atomic E-state index is 12.6. The zero-order valence-electron chi connectivity index (χ0n) is 16.7. The molecule has 0 aliphatic heterocycles. The minimum atomic E-state index is -2.96. The molecule has 1 heterocycles. The van der Waals surface area contributed by atoms with Gasteiger partial charge in [0.25, 0.3) is 5.56 Å². The zero-order chi connectivity index (χ0) is 22.4. The number of para-hydroxylation sites is 1. The first kappa shape index (κ1) is 22.4. The maximum absolute atomic E-state index is 12.6. The molecule has 1 amide bonds. The van der Waals surface area contributed by atoms with E-state index < -0.39 is 6.61 Å². The van der Waals surface area contributed by atoms with Gasteiger partial charge in [0.2, 0.25) is 5.91 Å². The number of carbonyl (C=O) groups is 1. The molecule has 0 atom stereocenters. The Balaban J connectivity index is 1.56. The van der Waals surface area contributed by atoms with Gasteiger partial charge in [0.15, 0.2) is 16.3 Å². The molecular formula is C21H21F2N3O4S. The summed E-state index contributed by atoms with van der Waals surface area (Å²) >= 11 is 5.23. The van der Waals surface area contributed by atoms with E-state index in [2.05, 4.69) is 15.0 Å². The molecule has 0 saturated heterocycles. The first-order valence-electron chi connectivity index (χ1n) is 9.49. The molecule has 0 radical (unpaired) electrons. The van der Waals surface area contributed by atoms with Crippen LogP contribution in [0.3, 0.4) is 0 Å². The summed E-state index contributed by atoms with van der Waals surface area (Å²) in [6, 6.07) is 11.7. The van der Waals surface area contributed by atoms with Crippen molar-refractivity contribution in [1.82, 2.24) is 14.9 Å². The Morgan fingerprint density at radius 1 is 1.23 bits per heavy atom. The average molecular weight is 449 g/mol. The molecule has 3 rings (SSSR count). The highest BCUT2D eigenvalue weighted by Gasteiger charge is 2.12. The standard InChI is InChI=1S/C21H21F2N3O4S/c1-29-16-7-6-13(12-17(16)30-20(22)23)8-10-24-18(27)9-11-26-19(28)14-4-2-3-5-15(14)25-21(26)31/h2-7,12,20H,8-11H2,1H3,(H,24,27)(H,25,31). The number of carbonyl (C=O) groups excluding carboxylic acids is 1. The summed E-state index contributed by atoms with van der Waals surface area (Å²) in [7, 11) is 1.36. The van der Waals surface area contributed by atoms with Gasteiger partial charge >= 0.3 is 6.61 Å². The SMILES string of the molecule is COc1ccc(CCNC(=O)CCn2c(=S)[nH]c3ccccc3c2=O)cc1OC(F)F. The second kappa shape index (κ2) is 10.2. The van der Waals surface area contributed by atoms with Gasteiger partial charge in [0, 0.05) is 19.5 Å². The van der Waals surface area contributed by atoms with Gasteiger partial charge < -0.3 is 19.8 Å². The number of fused-ring (bicyclic) bond motifs is 1. The third-order valence-electron chi connectivity index (χ3n) is 4.63. The summed E-state index contributed by atoms with van der Waals surface area (Å²) in [5.74, 6) is -0.122. The molecule has 0 fully saturated rings. The van der Waals surface area contributed by atoms with Crippen molar-refractivity contribution in [3.05, 3.63) is 63.2 Å². The highest BCUT2D eigenvalue weighted by Crippen LogP contribution is 2.29. The molecule has 0 bridgehead atoms. The van der Waals surface area contributed by atoms with Gasteiger partial charge in [-0.1, -0.05) is 18.2 Å². The van der Waals surface area contributed by atoms with Crippen molar-refractivity contribution >= 4 is 29.0 Å². The normalized spacial score (nSPS) is 11.0. The van der Waals surface area contributed by atoms with Crippen LogP contribution in [0.5, 0.6) is 11.5 Å². The lowest BCUT2D eigenvalue weighted by molar-refractivity contribution is -0.121. The van der Waals surface area contributed by atoms with Crippen molar-refractivity contribution in [2.75, 3.05) is 13.7 Å². The summed E-state index contributed by atoms with van der Waals surface area (Å²) in [5, 5.41) is 3.25. The van der Waals surface area contributed by atoms with Crippen molar-refractivity contribution in [2.24, 2.45) is 0 Å². The monoisotopic (exact) mass is 449 g/mol. The van der Waals surface area contributed by atoms with E-state index in [9.17, 15) is 18.4 Å². The molecule has 3 aromatic rings. The Bertz CT molecular complexity index is 1190. The number of benzene rings is 2. The topological polar surface area (TPSA) is 85.4 Å².